The summed E-state index contributed by atoms with van der Waals surface area (Å²) in [6.07, 6.45) is 1.65. The van der Waals surface area contributed by atoms with Gasteiger partial charge in [-0.15, -0.1) is 0 Å². The fraction of sp³-hybridized carbons (Fsp3) is 0.0556. The molecule has 0 spiro atoms. The molecule has 0 fully saturated rings. The Morgan fingerprint density at radius 3 is 2.69 bits per heavy atom. The number of aromatic nitrogens is 2. The van der Waals surface area contributed by atoms with Gasteiger partial charge in [0.15, 0.2) is 0 Å². The van der Waals surface area contributed by atoms with Gasteiger partial charge in [-0.25, -0.2) is 8.42 Å². The van der Waals surface area contributed by atoms with Gasteiger partial charge in [-0.05, 0) is 36.4 Å². The number of pyridine rings is 1. The van der Waals surface area contributed by atoms with Crippen molar-refractivity contribution in [3.05, 3.63) is 65.1 Å². The SMILES string of the molecule is COc1cccc(NS(=O)(=O)c2ccc3[nH]c(=O)c4[nH]ccc4c3c2)c1. The molecule has 132 valence electrons. The Labute approximate surface area is 148 Å². The zero-order chi connectivity index (χ0) is 18.3. The van der Waals surface area contributed by atoms with Crippen LogP contribution < -0.4 is 15.0 Å². The van der Waals surface area contributed by atoms with Crippen LogP contribution in [0.3, 0.4) is 0 Å². The second-order valence-corrected chi connectivity index (χ2v) is 7.45. The van der Waals surface area contributed by atoms with Gasteiger partial charge in [0.25, 0.3) is 15.6 Å². The minimum Gasteiger partial charge on any atom is -0.497 e. The molecule has 0 saturated heterocycles. The van der Waals surface area contributed by atoms with Crippen molar-refractivity contribution in [2.75, 3.05) is 11.8 Å². The van der Waals surface area contributed by atoms with Crippen LogP contribution in [0.2, 0.25) is 0 Å². The highest BCUT2D eigenvalue weighted by atomic mass is 32.2. The lowest BCUT2D eigenvalue weighted by atomic mass is 10.1. The van der Waals surface area contributed by atoms with Gasteiger partial charge in [0.05, 0.1) is 17.7 Å². The van der Waals surface area contributed by atoms with Crippen LogP contribution in [0.15, 0.2) is 64.4 Å². The fourth-order valence-corrected chi connectivity index (χ4v) is 3.96. The Morgan fingerprint density at radius 1 is 1.04 bits per heavy atom. The number of anilines is 1. The first-order valence-electron chi connectivity index (χ1n) is 7.78. The van der Waals surface area contributed by atoms with E-state index in [9.17, 15) is 13.2 Å². The molecule has 0 aliphatic rings. The molecule has 4 aromatic rings. The number of methoxy groups -OCH3 is 1. The van der Waals surface area contributed by atoms with Crippen molar-refractivity contribution in [2.24, 2.45) is 0 Å². The first-order valence-corrected chi connectivity index (χ1v) is 9.26. The molecule has 4 rings (SSSR count). The molecular formula is C18H15N3O4S. The van der Waals surface area contributed by atoms with Crippen LogP contribution in [0, 0.1) is 0 Å². The zero-order valence-electron chi connectivity index (χ0n) is 13.7. The van der Waals surface area contributed by atoms with Crippen LogP contribution in [0.4, 0.5) is 5.69 Å². The number of sulfonamides is 1. The molecule has 0 aliphatic heterocycles. The van der Waals surface area contributed by atoms with E-state index in [0.29, 0.717) is 33.2 Å². The maximum absolute atomic E-state index is 12.8. The monoisotopic (exact) mass is 369 g/mol. The quantitative estimate of drug-likeness (QED) is 0.514. The number of hydrogen-bond acceptors (Lipinski definition) is 4. The van der Waals surface area contributed by atoms with E-state index in [0.717, 1.165) is 0 Å². The largest absolute Gasteiger partial charge is 0.497 e. The van der Waals surface area contributed by atoms with Crippen LogP contribution in [-0.4, -0.2) is 25.5 Å². The van der Waals surface area contributed by atoms with Crippen molar-refractivity contribution >= 4 is 37.5 Å². The van der Waals surface area contributed by atoms with Crippen LogP contribution in [0.1, 0.15) is 0 Å². The highest BCUT2D eigenvalue weighted by molar-refractivity contribution is 7.92. The molecule has 0 unspecified atom stereocenters. The standard InChI is InChI=1S/C18H15N3O4S/c1-25-12-4-2-3-11(9-12)21-26(23,24)13-5-6-16-15(10-13)14-7-8-19-17(14)18(22)20-16/h2-10,19,21H,1H3,(H,20,22). The summed E-state index contributed by atoms with van der Waals surface area (Å²) >= 11 is 0. The van der Waals surface area contributed by atoms with Gasteiger partial charge < -0.3 is 14.7 Å². The average Bonchev–Trinajstić information content (AvgIpc) is 3.12. The Hall–Kier alpha value is -3.26. The molecule has 3 N–H and O–H groups in total. The summed E-state index contributed by atoms with van der Waals surface area (Å²) in [7, 11) is -2.29. The number of nitrogens with one attached hydrogen (secondary N) is 3. The van der Waals surface area contributed by atoms with Crippen LogP contribution >= 0.6 is 0 Å². The molecule has 0 bridgehead atoms. The van der Waals surface area contributed by atoms with E-state index in [1.165, 1.54) is 13.2 Å². The Bertz CT molecular complexity index is 1290. The summed E-state index contributed by atoms with van der Waals surface area (Å²) in [6.45, 7) is 0. The molecule has 0 amide bonds. The molecule has 0 atom stereocenters. The number of hydrogen-bond donors (Lipinski definition) is 3. The molecule has 2 aromatic carbocycles. The van der Waals surface area contributed by atoms with E-state index in [2.05, 4.69) is 14.7 Å². The maximum atomic E-state index is 12.8. The molecule has 8 heteroatoms. The van der Waals surface area contributed by atoms with Gasteiger partial charge in [0.2, 0.25) is 0 Å². The normalized spacial score (nSPS) is 11.7. The van der Waals surface area contributed by atoms with Crippen LogP contribution in [0.5, 0.6) is 5.75 Å². The molecule has 0 aliphatic carbocycles. The summed E-state index contributed by atoms with van der Waals surface area (Å²) in [4.78, 5) is 17.7. The molecule has 0 radical (unpaired) electrons. The van der Waals surface area contributed by atoms with E-state index >= 15 is 0 Å². The Morgan fingerprint density at radius 2 is 1.88 bits per heavy atom. The zero-order valence-corrected chi connectivity index (χ0v) is 14.6. The summed E-state index contributed by atoms with van der Waals surface area (Å²) < 4.78 is 33.2. The van der Waals surface area contributed by atoms with Crippen molar-refractivity contribution in [3.8, 4) is 5.75 Å². The van der Waals surface area contributed by atoms with E-state index in [1.54, 1.807) is 48.7 Å². The van der Waals surface area contributed by atoms with Crippen molar-refractivity contribution in [2.45, 2.75) is 4.90 Å². The lowest BCUT2D eigenvalue weighted by molar-refractivity contribution is 0.415. The lowest BCUT2D eigenvalue weighted by Gasteiger charge is -2.10. The third-order valence-corrected chi connectivity index (χ3v) is 5.51. The van der Waals surface area contributed by atoms with Gasteiger partial charge in [-0.3, -0.25) is 9.52 Å². The first kappa shape index (κ1) is 16.2. The minimum absolute atomic E-state index is 0.0994. The molecule has 2 heterocycles. The molecule has 7 nitrogen and oxygen atoms in total. The van der Waals surface area contributed by atoms with Gasteiger partial charge >= 0.3 is 0 Å². The predicted octanol–water partition coefficient (Wildman–Crippen LogP) is 2.82. The summed E-state index contributed by atoms with van der Waals surface area (Å²) in [5.74, 6) is 0.551. The number of fused-ring (bicyclic) bond motifs is 3. The van der Waals surface area contributed by atoms with E-state index < -0.39 is 10.0 Å². The summed E-state index contributed by atoms with van der Waals surface area (Å²) in [5, 5.41) is 1.32. The molecule has 26 heavy (non-hydrogen) atoms. The summed E-state index contributed by atoms with van der Waals surface area (Å²) in [6, 6.07) is 13.0. The van der Waals surface area contributed by atoms with E-state index in [1.807, 2.05) is 0 Å². The molecule has 2 aromatic heterocycles. The second-order valence-electron chi connectivity index (χ2n) is 5.77. The van der Waals surface area contributed by atoms with Gasteiger partial charge in [-0.1, -0.05) is 6.07 Å². The van der Waals surface area contributed by atoms with Crippen LogP contribution in [-0.2, 0) is 10.0 Å². The van der Waals surface area contributed by atoms with Crippen molar-refractivity contribution in [3.63, 3.8) is 0 Å². The molecule has 0 saturated carbocycles. The highest BCUT2D eigenvalue weighted by Crippen LogP contribution is 2.25. The minimum atomic E-state index is -3.80. The van der Waals surface area contributed by atoms with E-state index in [4.69, 9.17) is 4.74 Å². The number of benzene rings is 2. The summed E-state index contributed by atoms with van der Waals surface area (Å²) in [5.41, 5.74) is 1.13. The highest BCUT2D eigenvalue weighted by Gasteiger charge is 2.16. The first-order chi connectivity index (χ1) is 12.5. The van der Waals surface area contributed by atoms with Crippen molar-refractivity contribution in [1.29, 1.82) is 0 Å². The average molecular weight is 369 g/mol. The van der Waals surface area contributed by atoms with Gasteiger partial charge in [0.1, 0.15) is 11.3 Å². The Kier molecular flexibility index (Phi) is 3.69. The number of ether oxygens (including phenoxy) is 1. The van der Waals surface area contributed by atoms with Crippen molar-refractivity contribution < 1.29 is 13.2 Å². The predicted molar refractivity (Wildman–Crippen MR) is 100 cm³/mol. The van der Waals surface area contributed by atoms with E-state index in [-0.39, 0.29) is 10.5 Å². The lowest BCUT2D eigenvalue weighted by Crippen LogP contribution is -2.13. The number of rotatable bonds is 4. The smallest absolute Gasteiger partial charge is 0.272 e. The Balaban J connectivity index is 1.82. The third kappa shape index (κ3) is 2.70. The third-order valence-electron chi connectivity index (χ3n) is 4.14. The van der Waals surface area contributed by atoms with Crippen LogP contribution in [0.25, 0.3) is 21.8 Å². The topological polar surface area (TPSA) is 104 Å². The maximum Gasteiger partial charge on any atom is 0.272 e. The van der Waals surface area contributed by atoms with Crippen molar-refractivity contribution in [1.82, 2.24) is 9.97 Å². The van der Waals surface area contributed by atoms with Gasteiger partial charge in [0, 0.05) is 28.6 Å². The number of H-pyrrole nitrogens is 2. The fourth-order valence-electron chi connectivity index (χ4n) is 2.89. The number of aromatic amines is 2. The van der Waals surface area contributed by atoms with Gasteiger partial charge in [-0.2, -0.15) is 0 Å². The molecular weight excluding hydrogens is 354 g/mol. The second kappa shape index (κ2) is 5.92.